The van der Waals surface area contributed by atoms with Crippen molar-refractivity contribution in [3.63, 3.8) is 0 Å². The molecule has 2 N–H and O–H groups in total. The second-order valence-electron chi connectivity index (χ2n) is 4.70. The van der Waals surface area contributed by atoms with Crippen molar-refractivity contribution in [1.82, 2.24) is 9.29 Å². The van der Waals surface area contributed by atoms with E-state index in [0.717, 1.165) is 0 Å². The summed E-state index contributed by atoms with van der Waals surface area (Å²) in [7, 11) is -3.73. The lowest BCUT2D eigenvalue weighted by molar-refractivity contribution is 0.373. The van der Waals surface area contributed by atoms with Crippen LogP contribution in [0.5, 0.6) is 0 Å². The number of nitrogens with two attached hydrogens (primary N) is 1. The van der Waals surface area contributed by atoms with Gasteiger partial charge in [-0.2, -0.15) is 9.57 Å². The van der Waals surface area contributed by atoms with Crippen molar-refractivity contribution in [2.45, 2.75) is 25.2 Å². The van der Waals surface area contributed by atoms with E-state index >= 15 is 0 Å². The fourth-order valence-electron chi connectivity index (χ4n) is 1.61. The Morgan fingerprint density at radius 2 is 2.20 bits per heavy atom. The topological polar surface area (TPSA) is 100 Å². The summed E-state index contributed by atoms with van der Waals surface area (Å²) in [6.07, 6.45) is 1.30. The van der Waals surface area contributed by atoms with Gasteiger partial charge in [-0.05, 0) is 12.0 Å². The SMILES string of the molecule is CC(C)CN(CCC#N)S(=O)(=O)c1cnc(N)c(Cl)c1. The predicted octanol–water partition coefficient (Wildman–Crippen LogP) is 1.88. The Bertz CT molecular complexity index is 610. The molecular weight excluding hydrogens is 300 g/mol. The molecule has 0 saturated heterocycles. The molecule has 6 nitrogen and oxygen atoms in total. The van der Waals surface area contributed by atoms with E-state index in [4.69, 9.17) is 22.6 Å². The summed E-state index contributed by atoms with van der Waals surface area (Å²) in [6.45, 7) is 4.28. The predicted molar refractivity (Wildman–Crippen MR) is 77.5 cm³/mol. The minimum atomic E-state index is -3.73. The van der Waals surface area contributed by atoms with Gasteiger partial charge in [0.15, 0.2) is 0 Å². The molecule has 1 heterocycles. The summed E-state index contributed by atoms with van der Waals surface area (Å²) >= 11 is 5.81. The number of sulfonamides is 1. The normalized spacial score (nSPS) is 11.8. The highest BCUT2D eigenvalue weighted by molar-refractivity contribution is 7.89. The first-order valence-corrected chi connectivity index (χ1v) is 7.89. The molecule has 0 spiro atoms. The van der Waals surface area contributed by atoms with E-state index in [9.17, 15) is 8.42 Å². The highest BCUT2D eigenvalue weighted by atomic mass is 35.5. The summed E-state index contributed by atoms with van der Waals surface area (Å²) < 4.78 is 26.3. The van der Waals surface area contributed by atoms with Gasteiger partial charge in [0.1, 0.15) is 10.7 Å². The molecule has 0 amide bonds. The number of hydrogen-bond acceptors (Lipinski definition) is 5. The molecule has 0 unspecified atom stereocenters. The Morgan fingerprint density at radius 1 is 1.55 bits per heavy atom. The fraction of sp³-hybridized carbons (Fsp3) is 0.500. The van der Waals surface area contributed by atoms with Gasteiger partial charge in [-0.25, -0.2) is 13.4 Å². The van der Waals surface area contributed by atoms with Gasteiger partial charge < -0.3 is 5.73 Å². The van der Waals surface area contributed by atoms with E-state index in [1.54, 1.807) is 0 Å². The Morgan fingerprint density at radius 3 is 2.70 bits per heavy atom. The van der Waals surface area contributed by atoms with E-state index in [1.165, 1.54) is 16.6 Å². The lowest BCUT2D eigenvalue weighted by Gasteiger charge is -2.23. The number of pyridine rings is 1. The minimum Gasteiger partial charge on any atom is -0.382 e. The summed E-state index contributed by atoms with van der Waals surface area (Å²) in [6, 6.07) is 3.22. The second kappa shape index (κ2) is 6.88. The summed E-state index contributed by atoms with van der Waals surface area (Å²) in [5, 5.41) is 8.74. The number of anilines is 1. The van der Waals surface area contributed by atoms with Crippen molar-refractivity contribution in [1.29, 1.82) is 5.26 Å². The Labute approximate surface area is 124 Å². The van der Waals surface area contributed by atoms with Crippen LogP contribution in [-0.4, -0.2) is 30.8 Å². The van der Waals surface area contributed by atoms with Gasteiger partial charge in [-0.3, -0.25) is 0 Å². The molecule has 0 radical (unpaired) electrons. The highest BCUT2D eigenvalue weighted by Crippen LogP contribution is 2.23. The number of nitrogens with zero attached hydrogens (tertiary/aromatic N) is 3. The first-order chi connectivity index (χ1) is 9.28. The average molecular weight is 317 g/mol. The van der Waals surface area contributed by atoms with Crippen LogP contribution in [0.25, 0.3) is 0 Å². The maximum atomic E-state index is 12.5. The lowest BCUT2D eigenvalue weighted by atomic mass is 10.2. The quantitative estimate of drug-likeness (QED) is 0.863. The fourth-order valence-corrected chi connectivity index (χ4v) is 3.42. The van der Waals surface area contributed by atoms with Crippen LogP contribution in [0.1, 0.15) is 20.3 Å². The minimum absolute atomic E-state index is 0.0183. The zero-order valence-corrected chi connectivity index (χ0v) is 12.9. The van der Waals surface area contributed by atoms with E-state index < -0.39 is 10.0 Å². The molecule has 8 heteroatoms. The van der Waals surface area contributed by atoms with E-state index in [-0.39, 0.29) is 34.6 Å². The molecular formula is C12H17ClN4O2S. The standard InChI is InChI=1S/C12H17ClN4O2S/c1-9(2)8-17(5-3-4-14)20(18,19)10-6-11(13)12(15)16-7-10/h6-7,9H,3,5,8H2,1-2H3,(H2,15,16). The zero-order chi connectivity index (χ0) is 15.3. The van der Waals surface area contributed by atoms with Crippen molar-refractivity contribution in [2.75, 3.05) is 18.8 Å². The average Bonchev–Trinajstić information content (AvgIpc) is 2.37. The number of aromatic nitrogens is 1. The van der Waals surface area contributed by atoms with Crippen molar-refractivity contribution in [2.24, 2.45) is 5.92 Å². The van der Waals surface area contributed by atoms with E-state index in [0.29, 0.717) is 6.54 Å². The molecule has 0 atom stereocenters. The molecule has 0 aliphatic carbocycles. The molecule has 110 valence electrons. The lowest BCUT2D eigenvalue weighted by Crippen LogP contribution is -2.35. The maximum absolute atomic E-state index is 12.5. The monoisotopic (exact) mass is 316 g/mol. The molecule has 0 aliphatic heterocycles. The van der Waals surface area contributed by atoms with Crippen molar-refractivity contribution >= 4 is 27.4 Å². The van der Waals surface area contributed by atoms with Crippen LogP contribution in [0.3, 0.4) is 0 Å². The number of halogens is 1. The first kappa shape index (κ1) is 16.7. The molecule has 1 aromatic heterocycles. The van der Waals surface area contributed by atoms with Crippen LogP contribution in [-0.2, 0) is 10.0 Å². The van der Waals surface area contributed by atoms with Gasteiger partial charge in [0.05, 0.1) is 11.1 Å². The van der Waals surface area contributed by atoms with E-state index in [1.807, 2.05) is 19.9 Å². The number of rotatable bonds is 6. The van der Waals surface area contributed by atoms with Crippen molar-refractivity contribution < 1.29 is 8.42 Å². The third-order valence-electron chi connectivity index (χ3n) is 2.52. The summed E-state index contributed by atoms with van der Waals surface area (Å²) in [5.74, 6) is 0.221. The second-order valence-corrected chi connectivity index (χ2v) is 7.05. The van der Waals surface area contributed by atoms with Crippen LogP contribution in [0.15, 0.2) is 17.2 Å². The van der Waals surface area contributed by atoms with Gasteiger partial charge in [0.2, 0.25) is 10.0 Å². The molecule has 1 rings (SSSR count). The van der Waals surface area contributed by atoms with Crippen LogP contribution < -0.4 is 5.73 Å². The molecule has 0 bridgehead atoms. The number of nitriles is 1. The Kier molecular flexibility index (Phi) is 5.74. The highest BCUT2D eigenvalue weighted by Gasteiger charge is 2.25. The van der Waals surface area contributed by atoms with Gasteiger partial charge >= 0.3 is 0 Å². The molecule has 0 aliphatic rings. The Hall–Kier alpha value is -1.36. The maximum Gasteiger partial charge on any atom is 0.244 e. The largest absolute Gasteiger partial charge is 0.382 e. The Balaban J connectivity index is 3.14. The van der Waals surface area contributed by atoms with Crippen molar-refractivity contribution in [3.8, 4) is 6.07 Å². The smallest absolute Gasteiger partial charge is 0.244 e. The van der Waals surface area contributed by atoms with Gasteiger partial charge in [-0.1, -0.05) is 25.4 Å². The van der Waals surface area contributed by atoms with E-state index in [2.05, 4.69) is 4.98 Å². The first-order valence-electron chi connectivity index (χ1n) is 6.07. The van der Waals surface area contributed by atoms with Crippen LogP contribution in [0.4, 0.5) is 5.82 Å². The molecule has 0 saturated carbocycles. The summed E-state index contributed by atoms with van der Waals surface area (Å²) in [5.41, 5.74) is 5.47. The van der Waals surface area contributed by atoms with Crippen LogP contribution >= 0.6 is 11.6 Å². The zero-order valence-electron chi connectivity index (χ0n) is 11.4. The van der Waals surface area contributed by atoms with Gasteiger partial charge in [0, 0.05) is 25.7 Å². The molecule has 0 fully saturated rings. The summed E-state index contributed by atoms with van der Waals surface area (Å²) in [4.78, 5) is 3.74. The van der Waals surface area contributed by atoms with Crippen LogP contribution in [0, 0.1) is 17.2 Å². The molecule has 20 heavy (non-hydrogen) atoms. The number of hydrogen-bond donors (Lipinski definition) is 1. The number of nitrogen functional groups attached to an aromatic ring is 1. The van der Waals surface area contributed by atoms with Gasteiger partial charge in [-0.15, -0.1) is 0 Å². The third-order valence-corrected chi connectivity index (χ3v) is 4.66. The molecule has 1 aromatic rings. The molecule has 0 aromatic carbocycles. The van der Waals surface area contributed by atoms with Gasteiger partial charge in [0.25, 0.3) is 0 Å². The van der Waals surface area contributed by atoms with Crippen molar-refractivity contribution in [3.05, 3.63) is 17.3 Å². The third kappa shape index (κ3) is 4.07. The van der Waals surface area contributed by atoms with Crippen LogP contribution in [0.2, 0.25) is 5.02 Å².